The van der Waals surface area contributed by atoms with Crippen molar-refractivity contribution in [2.24, 2.45) is 5.73 Å². The predicted molar refractivity (Wildman–Crippen MR) is 78.3 cm³/mol. The van der Waals surface area contributed by atoms with E-state index in [0.29, 0.717) is 30.8 Å². The zero-order chi connectivity index (χ0) is 14.5. The molecule has 5 nitrogen and oxygen atoms in total. The van der Waals surface area contributed by atoms with Gasteiger partial charge in [-0.25, -0.2) is 8.42 Å². The largest absolute Gasteiger partial charge is 0.380 e. The summed E-state index contributed by atoms with van der Waals surface area (Å²) in [4.78, 5) is 0.231. The number of rotatable bonds is 7. The van der Waals surface area contributed by atoms with Gasteiger partial charge in [0.1, 0.15) is 0 Å². The number of nitrogens with two attached hydrogens (primary N) is 1. The van der Waals surface area contributed by atoms with Crippen molar-refractivity contribution in [3.63, 3.8) is 0 Å². The van der Waals surface area contributed by atoms with Gasteiger partial charge in [0.25, 0.3) is 0 Å². The van der Waals surface area contributed by atoms with Crippen LogP contribution in [0.1, 0.15) is 12.5 Å². The topological polar surface area (TPSA) is 72.6 Å². The van der Waals surface area contributed by atoms with E-state index >= 15 is 0 Å². The van der Waals surface area contributed by atoms with Gasteiger partial charge in [-0.1, -0.05) is 6.07 Å². The van der Waals surface area contributed by atoms with Crippen molar-refractivity contribution in [3.8, 4) is 0 Å². The summed E-state index contributed by atoms with van der Waals surface area (Å²) in [7, 11) is -1.99. The summed E-state index contributed by atoms with van der Waals surface area (Å²) in [5, 5.41) is 0. The summed E-state index contributed by atoms with van der Waals surface area (Å²) >= 11 is 3.27. The van der Waals surface area contributed by atoms with Gasteiger partial charge in [-0.2, -0.15) is 4.31 Å². The number of hydrogen-bond acceptors (Lipinski definition) is 4. The van der Waals surface area contributed by atoms with Crippen LogP contribution in [0.25, 0.3) is 0 Å². The van der Waals surface area contributed by atoms with E-state index in [1.54, 1.807) is 18.2 Å². The van der Waals surface area contributed by atoms with Gasteiger partial charge >= 0.3 is 0 Å². The van der Waals surface area contributed by atoms with Gasteiger partial charge in [0, 0.05) is 31.2 Å². The van der Waals surface area contributed by atoms with Gasteiger partial charge in [0.2, 0.25) is 10.0 Å². The molecule has 0 aliphatic carbocycles. The zero-order valence-corrected chi connectivity index (χ0v) is 13.5. The SMILES string of the molecule is CCOCCN(C)S(=O)(=O)c1cc(CN)ccc1Br. The van der Waals surface area contributed by atoms with Gasteiger partial charge in [0.15, 0.2) is 0 Å². The van der Waals surface area contributed by atoms with Gasteiger partial charge in [-0.3, -0.25) is 0 Å². The molecule has 0 unspecified atom stereocenters. The lowest BCUT2D eigenvalue weighted by atomic mass is 10.2. The molecule has 0 aliphatic heterocycles. The van der Waals surface area contributed by atoms with E-state index in [1.165, 1.54) is 11.4 Å². The van der Waals surface area contributed by atoms with Crippen LogP contribution in [-0.4, -0.2) is 39.5 Å². The lowest BCUT2D eigenvalue weighted by molar-refractivity contribution is 0.138. The molecular formula is C12H19BrN2O3S. The summed E-state index contributed by atoms with van der Waals surface area (Å²) in [6.45, 7) is 3.43. The molecule has 108 valence electrons. The number of benzene rings is 1. The van der Waals surface area contributed by atoms with Crippen molar-refractivity contribution >= 4 is 26.0 Å². The average Bonchev–Trinajstić information content (AvgIpc) is 2.39. The van der Waals surface area contributed by atoms with Crippen LogP contribution < -0.4 is 5.73 Å². The minimum absolute atomic E-state index is 0.231. The Labute approximate surface area is 122 Å². The Morgan fingerprint density at radius 1 is 1.42 bits per heavy atom. The Kier molecular flexibility index (Phi) is 6.41. The second kappa shape index (κ2) is 7.35. The summed E-state index contributed by atoms with van der Waals surface area (Å²) in [6, 6.07) is 5.09. The molecule has 1 rings (SSSR count). The number of hydrogen-bond donors (Lipinski definition) is 1. The molecule has 0 saturated heterocycles. The fourth-order valence-corrected chi connectivity index (χ4v) is 3.62. The Balaban J connectivity index is 2.99. The Morgan fingerprint density at radius 2 is 2.11 bits per heavy atom. The molecule has 0 fully saturated rings. The molecule has 0 bridgehead atoms. The van der Waals surface area contributed by atoms with Crippen molar-refractivity contribution in [1.82, 2.24) is 4.31 Å². The quantitative estimate of drug-likeness (QED) is 0.757. The number of likely N-dealkylation sites (N-methyl/N-ethyl adjacent to an activating group) is 1. The van der Waals surface area contributed by atoms with Crippen LogP contribution in [0.2, 0.25) is 0 Å². The zero-order valence-electron chi connectivity index (χ0n) is 11.1. The molecule has 0 saturated carbocycles. The highest BCUT2D eigenvalue weighted by Gasteiger charge is 2.23. The van der Waals surface area contributed by atoms with Gasteiger partial charge in [0.05, 0.1) is 11.5 Å². The van der Waals surface area contributed by atoms with Crippen LogP contribution in [0.3, 0.4) is 0 Å². The lowest BCUT2D eigenvalue weighted by Crippen LogP contribution is -2.30. The minimum atomic E-state index is -3.53. The van der Waals surface area contributed by atoms with E-state index in [0.717, 1.165) is 5.56 Å². The van der Waals surface area contributed by atoms with E-state index in [1.807, 2.05) is 6.92 Å². The van der Waals surface area contributed by atoms with Crippen molar-refractivity contribution in [2.75, 3.05) is 26.8 Å². The molecule has 0 radical (unpaired) electrons. The smallest absolute Gasteiger partial charge is 0.244 e. The molecule has 0 spiro atoms. The highest BCUT2D eigenvalue weighted by Crippen LogP contribution is 2.25. The monoisotopic (exact) mass is 350 g/mol. The van der Waals surface area contributed by atoms with Gasteiger partial charge in [-0.05, 0) is 40.5 Å². The summed E-state index contributed by atoms with van der Waals surface area (Å²) in [6.07, 6.45) is 0. The van der Waals surface area contributed by atoms with E-state index in [9.17, 15) is 8.42 Å². The number of sulfonamides is 1. The fraction of sp³-hybridized carbons (Fsp3) is 0.500. The second-order valence-electron chi connectivity index (χ2n) is 3.99. The van der Waals surface area contributed by atoms with E-state index in [2.05, 4.69) is 15.9 Å². The first-order valence-electron chi connectivity index (χ1n) is 5.96. The molecule has 2 N–H and O–H groups in total. The maximum absolute atomic E-state index is 12.4. The fourth-order valence-electron chi connectivity index (χ4n) is 1.50. The third-order valence-corrected chi connectivity index (χ3v) is 5.52. The van der Waals surface area contributed by atoms with Crippen molar-refractivity contribution < 1.29 is 13.2 Å². The molecule has 1 aromatic carbocycles. The predicted octanol–water partition coefficient (Wildman–Crippen LogP) is 1.56. The van der Waals surface area contributed by atoms with Gasteiger partial charge < -0.3 is 10.5 Å². The lowest BCUT2D eigenvalue weighted by Gasteiger charge is -2.18. The maximum atomic E-state index is 12.4. The van der Waals surface area contributed by atoms with Crippen LogP contribution in [0, 0.1) is 0 Å². The Morgan fingerprint density at radius 3 is 2.68 bits per heavy atom. The first-order valence-corrected chi connectivity index (χ1v) is 8.19. The highest BCUT2D eigenvalue weighted by atomic mass is 79.9. The average molecular weight is 351 g/mol. The maximum Gasteiger partial charge on any atom is 0.244 e. The summed E-state index contributed by atoms with van der Waals surface area (Å²) in [5.74, 6) is 0. The van der Waals surface area contributed by atoms with E-state index in [-0.39, 0.29) is 4.90 Å². The van der Waals surface area contributed by atoms with E-state index in [4.69, 9.17) is 10.5 Å². The molecule has 0 aliphatic rings. The summed E-state index contributed by atoms with van der Waals surface area (Å²) < 4.78 is 31.8. The third-order valence-electron chi connectivity index (χ3n) is 2.67. The van der Waals surface area contributed by atoms with Crippen LogP contribution in [-0.2, 0) is 21.3 Å². The molecule has 0 aromatic heterocycles. The van der Waals surface area contributed by atoms with Crippen molar-refractivity contribution in [3.05, 3.63) is 28.2 Å². The summed E-state index contributed by atoms with van der Waals surface area (Å²) in [5.41, 5.74) is 6.32. The first kappa shape index (κ1) is 16.6. The normalized spacial score (nSPS) is 12.1. The molecular weight excluding hydrogens is 332 g/mol. The van der Waals surface area contributed by atoms with Crippen LogP contribution in [0.15, 0.2) is 27.6 Å². The molecule has 0 heterocycles. The molecule has 0 atom stereocenters. The van der Waals surface area contributed by atoms with Gasteiger partial charge in [-0.15, -0.1) is 0 Å². The van der Waals surface area contributed by atoms with E-state index < -0.39 is 10.0 Å². The van der Waals surface area contributed by atoms with Crippen molar-refractivity contribution in [1.29, 1.82) is 0 Å². The molecule has 1 aromatic rings. The minimum Gasteiger partial charge on any atom is -0.380 e. The Bertz CT molecular complexity index is 520. The number of nitrogens with zero attached hydrogens (tertiary/aromatic N) is 1. The molecule has 19 heavy (non-hydrogen) atoms. The highest BCUT2D eigenvalue weighted by molar-refractivity contribution is 9.10. The van der Waals surface area contributed by atoms with Crippen LogP contribution >= 0.6 is 15.9 Å². The molecule has 7 heteroatoms. The second-order valence-corrected chi connectivity index (χ2v) is 6.86. The number of ether oxygens (including phenoxy) is 1. The number of halogens is 1. The van der Waals surface area contributed by atoms with Crippen molar-refractivity contribution in [2.45, 2.75) is 18.4 Å². The molecule has 0 amide bonds. The van der Waals surface area contributed by atoms with Crippen LogP contribution in [0.5, 0.6) is 0 Å². The van der Waals surface area contributed by atoms with Crippen LogP contribution in [0.4, 0.5) is 0 Å². The standard InChI is InChI=1S/C12H19BrN2O3S/c1-3-18-7-6-15(2)19(16,17)12-8-10(9-14)4-5-11(12)13/h4-5,8H,3,6-7,9,14H2,1-2H3. The Hall–Kier alpha value is -0.470. The first-order chi connectivity index (χ1) is 8.93. The third kappa shape index (κ3) is 4.25.